The van der Waals surface area contributed by atoms with Crippen molar-refractivity contribution in [1.29, 1.82) is 0 Å². The average molecular weight is 276 g/mol. The largest absolute Gasteiger partial charge is 0.392 e. The maximum absolute atomic E-state index is 13.2. The van der Waals surface area contributed by atoms with E-state index in [1.165, 1.54) is 0 Å². The summed E-state index contributed by atoms with van der Waals surface area (Å²) in [6.07, 6.45) is -0.282. The summed E-state index contributed by atoms with van der Waals surface area (Å²) in [4.78, 5) is 0. The summed E-state index contributed by atoms with van der Waals surface area (Å²) in [6, 6.07) is -0.355. The lowest BCUT2D eigenvalue weighted by Crippen LogP contribution is -2.40. The topological polar surface area (TPSA) is 42.7 Å². The Balaban J connectivity index is 2.27. The van der Waals surface area contributed by atoms with E-state index in [0.29, 0.717) is 18.5 Å². The molecule has 19 heavy (non-hydrogen) atoms. The molecule has 0 bridgehead atoms. The fraction of sp³-hybridized carbons (Fsp3) is 0.833. The summed E-state index contributed by atoms with van der Waals surface area (Å²) in [5.74, 6) is -1.69. The number of hydrogen-bond donors (Lipinski definition) is 1. The molecule has 3 atom stereocenters. The second-order valence-electron chi connectivity index (χ2n) is 5.15. The van der Waals surface area contributed by atoms with Gasteiger partial charge in [-0.1, -0.05) is 18.1 Å². The van der Waals surface area contributed by atoms with E-state index in [9.17, 15) is 13.2 Å². The molecule has 2 rings (SSSR count). The minimum atomic E-state index is -4.13. The Labute approximate surface area is 110 Å². The summed E-state index contributed by atoms with van der Waals surface area (Å²) in [5, 5.41) is 10.6. The Kier molecular flexibility index (Phi) is 4.13. The summed E-state index contributed by atoms with van der Waals surface area (Å²) in [5.41, 5.74) is 0.712. The molecule has 1 N–H and O–H groups in total. The zero-order valence-electron chi connectivity index (χ0n) is 11.1. The Morgan fingerprint density at radius 3 is 2.58 bits per heavy atom. The summed E-state index contributed by atoms with van der Waals surface area (Å²) < 4.78 is 41.0. The van der Waals surface area contributed by atoms with Crippen LogP contribution >= 0.6 is 0 Å². The highest BCUT2D eigenvalue weighted by molar-refractivity contribution is 5.06. The highest BCUT2D eigenvalue weighted by Crippen LogP contribution is 2.46. The number of nitrogens with one attached hydrogen (secondary N) is 1. The number of nitrogens with zero attached hydrogens (tertiary/aromatic N) is 3. The van der Waals surface area contributed by atoms with Crippen LogP contribution in [-0.2, 0) is 7.05 Å². The Morgan fingerprint density at radius 2 is 2.05 bits per heavy atom. The van der Waals surface area contributed by atoms with Crippen molar-refractivity contribution in [3.8, 4) is 0 Å². The number of aryl methyl sites for hydroxylation is 1. The van der Waals surface area contributed by atoms with E-state index < -0.39 is 18.0 Å². The first-order chi connectivity index (χ1) is 8.95. The fourth-order valence-corrected chi connectivity index (χ4v) is 3.13. The second-order valence-corrected chi connectivity index (χ2v) is 5.15. The van der Waals surface area contributed by atoms with E-state index in [1.54, 1.807) is 25.0 Å². The molecule has 0 saturated heterocycles. The van der Waals surface area contributed by atoms with E-state index in [-0.39, 0.29) is 12.5 Å². The molecule has 1 aromatic heterocycles. The van der Waals surface area contributed by atoms with Crippen molar-refractivity contribution in [3.05, 3.63) is 11.9 Å². The molecular formula is C12H19F3N4. The number of hydrogen-bond acceptors (Lipinski definition) is 3. The lowest BCUT2D eigenvalue weighted by molar-refractivity contribution is -0.199. The van der Waals surface area contributed by atoms with Crippen LogP contribution in [-0.4, -0.2) is 28.2 Å². The van der Waals surface area contributed by atoms with Gasteiger partial charge in [0.25, 0.3) is 0 Å². The fourth-order valence-electron chi connectivity index (χ4n) is 3.13. The number of rotatable bonds is 3. The third kappa shape index (κ3) is 2.91. The van der Waals surface area contributed by atoms with E-state index in [0.717, 1.165) is 6.42 Å². The Bertz CT molecular complexity index is 415. The van der Waals surface area contributed by atoms with Crippen molar-refractivity contribution < 1.29 is 13.2 Å². The van der Waals surface area contributed by atoms with Crippen LogP contribution in [0, 0.1) is 11.8 Å². The summed E-state index contributed by atoms with van der Waals surface area (Å²) in [6.45, 7) is 0. The molecule has 4 nitrogen and oxygen atoms in total. The van der Waals surface area contributed by atoms with Crippen LogP contribution in [0.2, 0.25) is 0 Å². The molecule has 1 aromatic rings. The molecular weight excluding hydrogens is 257 g/mol. The van der Waals surface area contributed by atoms with Gasteiger partial charge in [-0.25, -0.2) is 0 Å². The predicted octanol–water partition coefficient (Wildman–Crippen LogP) is 2.44. The van der Waals surface area contributed by atoms with Crippen LogP contribution in [0.1, 0.15) is 37.4 Å². The third-order valence-corrected chi connectivity index (χ3v) is 4.05. The highest BCUT2D eigenvalue weighted by Gasteiger charge is 2.48. The third-order valence-electron chi connectivity index (χ3n) is 4.05. The lowest BCUT2D eigenvalue weighted by atomic mass is 9.74. The van der Waals surface area contributed by atoms with Gasteiger partial charge in [-0.2, -0.15) is 13.2 Å². The van der Waals surface area contributed by atoms with E-state index in [4.69, 9.17) is 0 Å². The molecule has 7 heteroatoms. The number of aromatic nitrogens is 3. The lowest BCUT2D eigenvalue weighted by Gasteiger charge is -2.37. The molecule has 1 fully saturated rings. The van der Waals surface area contributed by atoms with Crippen molar-refractivity contribution in [2.75, 3.05) is 7.05 Å². The molecule has 0 aromatic carbocycles. The van der Waals surface area contributed by atoms with Gasteiger partial charge in [0.15, 0.2) is 0 Å². The maximum Gasteiger partial charge on any atom is 0.392 e. The van der Waals surface area contributed by atoms with Gasteiger partial charge in [-0.3, -0.25) is 4.68 Å². The van der Waals surface area contributed by atoms with Crippen molar-refractivity contribution >= 4 is 0 Å². The smallest absolute Gasteiger partial charge is 0.311 e. The van der Waals surface area contributed by atoms with Crippen LogP contribution < -0.4 is 5.32 Å². The first-order valence-electron chi connectivity index (χ1n) is 6.53. The van der Waals surface area contributed by atoms with Crippen LogP contribution in [0.15, 0.2) is 6.20 Å². The zero-order valence-corrected chi connectivity index (χ0v) is 11.1. The van der Waals surface area contributed by atoms with E-state index in [1.807, 2.05) is 0 Å². The van der Waals surface area contributed by atoms with Crippen molar-refractivity contribution in [2.45, 2.75) is 37.9 Å². The van der Waals surface area contributed by atoms with E-state index >= 15 is 0 Å². The molecule has 0 aliphatic heterocycles. The number of halogens is 3. The molecule has 0 radical (unpaired) electrons. The second kappa shape index (κ2) is 5.48. The molecule has 0 spiro atoms. The summed E-state index contributed by atoms with van der Waals surface area (Å²) in [7, 11) is 3.40. The Hall–Kier alpha value is -1.11. The normalized spacial score (nSPS) is 26.4. The van der Waals surface area contributed by atoms with Gasteiger partial charge < -0.3 is 5.32 Å². The van der Waals surface area contributed by atoms with Gasteiger partial charge in [0.2, 0.25) is 0 Å². The first-order valence-corrected chi connectivity index (χ1v) is 6.53. The molecule has 0 amide bonds. The van der Waals surface area contributed by atoms with Gasteiger partial charge >= 0.3 is 6.18 Å². The quantitative estimate of drug-likeness (QED) is 0.922. The molecule has 1 aliphatic carbocycles. The Morgan fingerprint density at radius 1 is 1.37 bits per heavy atom. The van der Waals surface area contributed by atoms with Gasteiger partial charge in [-0.05, 0) is 25.8 Å². The van der Waals surface area contributed by atoms with Crippen molar-refractivity contribution in [3.63, 3.8) is 0 Å². The molecule has 1 heterocycles. The highest BCUT2D eigenvalue weighted by atomic mass is 19.4. The zero-order chi connectivity index (χ0) is 14.0. The SMILES string of the molecule is CNC(c1cnnn1C)C1CCCCC1C(F)(F)F. The molecule has 1 saturated carbocycles. The van der Waals surface area contributed by atoms with E-state index in [2.05, 4.69) is 15.6 Å². The maximum atomic E-state index is 13.2. The van der Waals surface area contributed by atoms with Gasteiger partial charge in [-0.15, -0.1) is 5.10 Å². The van der Waals surface area contributed by atoms with Crippen molar-refractivity contribution in [2.24, 2.45) is 18.9 Å². The van der Waals surface area contributed by atoms with Crippen LogP contribution in [0.5, 0.6) is 0 Å². The van der Waals surface area contributed by atoms with Crippen LogP contribution in [0.3, 0.4) is 0 Å². The molecule has 108 valence electrons. The average Bonchev–Trinajstić information content (AvgIpc) is 2.76. The predicted molar refractivity (Wildman–Crippen MR) is 64.3 cm³/mol. The minimum Gasteiger partial charge on any atom is -0.311 e. The van der Waals surface area contributed by atoms with Crippen molar-refractivity contribution in [1.82, 2.24) is 20.3 Å². The molecule has 1 aliphatic rings. The monoisotopic (exact) mass is 276 g/mol. The minimum absolute atomic E-state index is 0.220. The first kappa shape index (κ1) is 14.3. The standard InChI is InChI=1S/C12H19F3N4/c1-16-11(10-7-17-18-19(10)2)8-5-3-4-6-9(8)12(13,14)15/h7-9,11,16H,3-6H2,1-2H3. The van der Waals surface area contributed by atoms with Gasteiger partial charge in [0, 0.05) is 7.05 Å². The van der Waals surface area contributed by atoms with Crippen LogP contribution in [0.25, 0.3) is 0 Å². The summed E-state index contributed by atoms with van der Waals surface area (Å²) >= 11 is 0. The number of alkyl halides is 3. The van der Waals surface area contributed by atoms with Gasteiger partial charge in [0.05, 0.1) is 23.9 Å². The van der Waals surface area contributed by atoms with Gasteiger partial charge in [0.1, 0.15) is 0 Å². The molecule has 3 unspecified atom stereocenters. The van der Waals surface area contributed by atoms with Crippen LogP contribution in [0.4, 0.5) is 13.2 Å².